The van der Waals surface area contributed by atoms with Gasteiger partial charge in [-0.25, -0.2) is 0 Å². The van der Waals surface area contributed by atoms with Gasteiger partial charge in [0.25, 0.3) is 5.91 Å². The minimum atomic E-state index is -0.286. The quantitative estimate of drug-likeness (QED) is 0.533. The lowest BCUT2D eigenvalue weighted by molar-refractivity contribution is -0.131. The molecule has 1 aliphatic heterocycles. The molecule has 0 aromatic heterocycles. The van der Waals surface area contributed by atoms with E-state index in [2.05, 4.69) is 5.32 Å². The summed E-state index contributed by atoms with van der Waals surface area (Å²) < 4.78 is 11.3. The fraction of sp³-hybridized carbons (Fsp3) is 0.259. The van der Waals surface area contributed by atoms with E-state index in [4.69, 9.17) is 9.47 Å². The highest BCUT2D eigenvalue weighted by Crippen LogP contribution is 2.32. The molecular weight excluding hydrogens is 416 g/mol. The van der Waals surface area contributed by atoms with Crippen LogP contribution in [0.15, 0.2) is 78.9 Å². The van der Waals surface area contributed by atoms with Gasteiger partial charge in [0.05, 0.1) is 19.2 Å². The summed E-state index contributed by atoms with van der Waals surface area (Å²) in [7, 11) is 0. The lowest BCUT2D eigenvalue weighted by Crippen LogP contribution is -2.39. The van der Waals surface area contributed by atoms with E-state index in [-0.39, 0.29) is 24.4 Å². The molecule has 3 aromatic carbocycles. The summed E-state index contributed by atoms with van der Waals surface area (Å²) in [4.78, 5) is 27.3. The zero-order valence-electron chi connectivity index (χ0n) is 18.7. The Kier molecular flexibility index (Phi) is 7.25. The van der Waals surface area contributed by atoms with Crippen molar-refractivity contribution in [2.75, 3.05) is 19.7 Å². The molecule has 1 saturated heterocycles. The molecular formula is C27H28N2O4. The number of ether oxygens (including phenoxy) is 2. The number of para-hydroxylation sites is 1. The molecule has 1 fully saturated rings. The number of nitrogens with one attached hydrogen (secondary N) is 1. The van der Waals surface area contributed by atoms with E-state index in [1.807, 2.05) is 66.4 Å². The lowest BCUT2D eigenvalue weighted by atomic mass is 10.0. The monoisotopic (exact) mass is 444 g/mol. The third kappa shape index (κ3) is 5.71. The van der Waals surface area contributed by atoms with E-state index in [1.165, 1.54) is 0 Å². The lowest BCUT2D eigenvalue weighted by Gasteiger charge is -2.25. The van der Waals surface area contributed by atoms with E-state index in [1.54, 1.807) is 24.3 Å². The third-order valence-electron chi connectivity index (χ3n) is 5.64. The number of nitrogens with zero attached hydrogens (tertiary/aromatic N) is 1. The molecule has 3 aromatic rings. The van der Waals surface area contributed by atoms with Crippen LogP contribution in [0.5, 0.6) is 17.2 Å². The molecule has 0 spiro atoms. The number of carbonyl (C=O) groups excluding carboxylic acids is 2. The number of amides is 2. The van der Waals surface area contributed by atoms with Crippen LogP contribution in [0, 0.1) is 0 Å². The van der Waals surface area contributed by atoms with Gasteiger partial charge in [0.15, 0.2) is 0 Å². The summed E-state index contributed by atoms with van der Waals surface area (Å²) in [5, 5.41) is 2.75. The first-order valence-corrected chi connectivity index (χ1v) is 11.3. The second-order valence-corrected chi connectivity index (χ2v) is 7.87. The van der Waals surface area contributed by atoms with E-state index in [0.29, 0.717) is 24.5 Å². The van der Waals surface area contributed by atoms with Crippen LogP contribution in [-0.2, 0) is 4.79 Å². The SMILES string of the molecule is CCOc1ccc([C@@H]2CCCN2C(=O)CNC(=O)c2ccc(Oc3ccccc3)cc2)cc1. The Morgan fingerprint density at radius 1 is 0.909 bits per heavy atom. The van der Waals surface area contributed by atoms with E-state index in [0.717, 1.165) is 29.9 Å². The van der Waals surface area contributed by atoms with Crippen molar-refractivity contribution in [3.63, 3.8) is 0 Å². The van der Waals surface area contributed by atoms with Gasteiger partial charge in [0.1, 0.15) is 17.2 Å². The van der Waals surface area contributed by atoms with Gasteiger partial charge < -0.3 is 19.7 Å². The van der Waals surface area contributed by atoms with Crippen LogP contribution in [0.1, 0.15) is 41.7 Å². The first-order valence-electron chi connectivity index (χ1n) is 11.3. The Balaban J connectivity index is 1.31. The Hall–Kier alpha value is -3.80. The Morgan fingerprint density at radius 3 is 2.27 bits per heavy atom. The topological polar surface area (TPSA) is 67.9 Å². The van der Waals surface area contributed by atoms with Crippen LogP contribution in [-0.4, -0.2) is 36.4 Å². The van der Waals surface area contributed by atoms with Crippen LogP contribution in [0.2, 0.25) is 0 Å². The number of hydrogen-bond donors (Lipinski definition) is 1. The normalized spacial score (nSPS) is 15.2. The van der Waals surface area contributed by atoms with Crippen molar-refractivity contribution in [3.8, 4) is 17.2 Å². The van der Waals surface area contributed by atoms with Crippen LogP contribution in [0.3, 0.4) is 0 Å². The van der Waals surface area contributed by atoms with Gasteiger partial charge in [-0.1, -0.05) is 30.3 Å². The molecule has 0 bridgehead atoms. The zero-order chi connectivity index (χ0) is 23.0. The van der Waals surface area contributed by atoms with Crippen molar-refractivity contribution in [3.05, 3.63) is 90.0 Å². The highest BCUT2D eigenvalue weighted by molar-refractivity contribution is 5.96. The molecule has 1 aliphatic rings. The van der Waals surface area contributed by atoms with Gasteiger partial charge in [0.2, 0.25) is 5.91 Å². The smallest absolute Gasteiger partial charge is 0.251 e. The molecule has 33 heavy (non-hydrogen) atoms. The molecule has 6 heteroatoms. The van der Waals surface area contributed by atoms with Crippen LogP contribution >= 0.6 is 0 Å². The highest BCUT2D eigenvalue weighted by Gasteiger charge is 2.30. The van der Waals surface area contributed by atoms with Gasteiger partial charge in [0, 0.05) is 12.1 Å². The summed E-state index contributed by atoms with van der Waals surface area (Å²) >= 11 is 0. The second-order valence-electron chi connectivity index (χ2n) is 7.87. The number of carbonyl (C=O) groups is 2. The molecule has 2 amide bonds. The zero-order valence-corrected chi connectivity index (χ0v) is 18.7. The maximum atomic E-state index is 12.9. The minimum absolute atomic E-state index is 0.0273. The maximum absolute atomic E-state index is 12.9. The summed E-state index contributed by atoms with van der Waals surface area (Å²) in [6, 6.07) is 24.2. The summed E-state index contributed by atoms with van der Waals surface area (Å²) in [5.74, 6) is 1.83. The average Bonchev–Trinajstić information content (AvgIpc) is 3.34. The molecule has 6 nitrogen and oxygen atoms in total. The standard InChI is InChI=1S/C27H28N2O4/c1-2-32-22-14-10-20(11-15-22)25-9-6-18-29(25)26(30)19-28-27(31)21-12-16-24(17-13-21)33-23-7-4-3-5-8-23/h3-5,7-8,10-17,25H,2,6,9,18-19H2,1H3,(H,28,31)/t25-/m0/s1. The third-order valence-corrected chi connectivity index (χ3v) is 5.64. The fourth-order valence-electron chi connectivity index (χ4n) is 4.02. The minimum Gasteiger partial charge on any atom is -0.494 e. The first kappa shape index (κ1) is 22.4. The van der Waals surface area contributed by atoms with Gasteiger partial charge in [-0.15, -0.1) is 0 Å². The van der Waals surface area contributed by atoms with Gasteiger partial charge in [-0.05, 0) is 73.9 Å². The molecule has 1 heterocycles. The van der Waals surface area contributed by atoms with E-state index >= 15 is 0 Å². The van der Waals surface area contributed by atoms with Gasteiger partial charge in [-0.2, -0.15) is 0 Å². The van der Waals surface area contributed by atoms with Crippen LogP contribution < -0.4 is 14.8 Å². The van der Waals surface area contributed by atoms with Crippen molar-refractivity contribution in [2.24, 2.45) is 0 Å². The van der Waals surface area contributed by atoms with Crippen molar-refractivity contribution >= 4 is 11.8 Å². The number of likely N-dealkylation sites (tertiary alicyclic amines) is 1. The highest BCUT2D eigenvalue weighted by atomic mass is 16.5. The molecule has 0 unspecified atom stereocenters. The predicted molar refractivity (Wildman–Crippen MR) is 127 cm³/mol. The molecule has 4 rings (SSSR count). The Morgan fingerprint density at radius 2 is 1.58 bits per heavy atom. The fourth-order valence-corrected chi connectivity index (χ4v) is 4.02. The summed E-state index contributed by atoms with van der Waals surface area (Å²) in [6.07, 6.45) is 1.86. The molecule has 1 N–H and O–H groups in total. The summed E-state index contributed by atoms with van der Waals surface area (Å²) in [6.45, 7) is 3.23. The van der Waals surface area contributed by atoms with Crippen molar-refractivity contribution in [1.82, 2.24) is 10.2 Å². The van der Waals surface area contributed by atoms with E-state index in [9.17, 15) is 9.59 Å². The molecule has 170 valence electrons. The van der Waals surface area contributed by atoms with Gasteiger partial charge in [-0.3, -0.25) is 9.59 Å². The molecule has 0 radical (unpaired) electrons. The van der Waals surface area contributed by atoms with Crippen molar-refractivity contribution < 1.29 is 19.1 Å². The average molecular weight is 445 g/mol. The largest absolute Gasteiger partial charge is 0.494 e. The number of rotatable bonds is 8. The molecule has 0 saturated carbocycles. The first-order chi connectivity index (χ1) is 16.1. The van der Waals surface area contributed by atoms with Gasteiger partial charge >= 0.3 is 0 Å². The van der Waals surface area contributed by atoms with Crippen molar-refractivity contribution in [2.45, 2.75) is 25.8 Å². The second kappa shape index (κ2) is 10.7. The maximum Gasteiger partial charge on any atom is 0.251 e. The Bertz CT molecular complexity index is 1070. The van der Waals surface area contributed by atoms with Crippen molar-refractivity contribution in [1.29, 1.82) is 0 Å². The predicted octanol–water partition coefficient (Wildman–Crippen LogP) is 4.97. The van der Waals surface area contributed by atoms with Crippen LogP contribution in [0.4, 0.5) is 0 Å². The van der Waals surface area contributed by atoms with Crippen LogP contribution in [0.25, 0.3) is 0 Å². The van der Waals surface area contributed by atoms with E-state index < -0.39 is 0 Å². The molecule has 0 aliphatic carbocycles. The number of hydrogen-bond acceptors (Lipinski definition) is 4. The molecule has 1 atom stereocenters. The number of benzene rings is 3. The Labute approximate surface area is 194 Å². The summed E-state index contributed by atoms with van der Waals surface area (Å²) in [5.41, 5.74) is 1.57.